The number of esters is 1. The predicted molar refractivity (Wildman–Crippen MR) is 54.6 cm³/mol. The maximum absolute atomic E-state index is 11.0. The lowest BCUT2D eigenvalue weighted by Crippen LogP contribution is -2.23. The maximum atomic E-state index is 11.0. The minimum Gasteiger partial charge on any atom is -0.461 e. The van der Waals surface area contributed by atoms with Crippen molar-refractivity contribution in [2.75, 3.05) is 33.0 Å². The standard InChI is InChI=1S/C10H20O5/c1-3-9(11)10(12)15-8-7-14-6-5-13-4-2/h9,11H,3-8H2,1-2H3. The highest BCUT2D eigenvalue weighted by Gasteiger charge is 2.13. The van der Waals surface area contributed by atoms with Crippen LogP contribution in [0.5, 0.6) is 0 Å². The fraction of sp³-hybridized carbons (Fsp3) is 0.900. The van der Waals surface area contributed by atoms with Gasteiger partial charge < -0.3 is 19.3 Å². The molecule has 5 nitrogen and oxygen atoms in total. The molecule has 90 valence electrons. The van der Waals surface area contributed by atoms with Crippen molar-refractivity contribution >= 4 is 5.97 Å². The number of aliphatic hydroxyl groups is 1. The lowest BCUT2D eigenvalue weighted by atomic mass is 10.3. The third-order valence-corrected chi connectivity index (χ3v) is 1.71. The van der Waals surface area contributed by atoms with Gasteiger partial charge in [0.25, 0.3) is 0 Å². The molecule has 0 aliphatic heterocycles. The summed E-state index contributed by atoms with van der Waals surface area (Å²) in [6, 6.07) is 0. The van der Waals surface area contributed by atoms with E-state index in [0.717, 1.165) is 0 Å². The molecule has 0 fully saturated rings. The molecule has 0 aliphatic carbocycles. The van der Waals surface area contributed by atoms with Gasteiger partial charge in [-0.15, -0.1) is 0 Å². The molecule has 0 rings (SSSR count). The highest BCUT2D eigenvalue weighted by atomic mass is 16.6. The maximum Gasteiger partial charge on any atom is 0.335 e. The second-order valence-electron chi connectivity index (χ2n) is 2.90. The molecule has 0 heterocycles. The van der Waals surface area contributed by atoms with Crippen LogP contribution in [-0.4, -0.2) is 50.2 Å². The summed E-state index contributed by atoms with van der Waals surface area (Å²) in [6.07, 6.45) is -0.655. The van der Waals surface area contributed by atoms with Crippen molar-refractivity contribution in [1.82, 2.24) is 0 Å². The number of hydrogen-bond donors (Lipinski definition) is 1. The Morgan fingerprint density at radius 3 is 2.33 bits per heavy atom. The molecule has 1 N–H and O–H groups in total. The Kier molecular flexibility index (Phi) is 9.46. The average Bonchev–Trinajstić information content (AvgIpc) is 2.26. The molecule has 15 heavy (non-hydrogen) atoms. The Balaban J connectivity index is 3.20. The fourth-order valence-electron chi connectivity index (χ4n) is 0.828. The molecule has 0 aromatic rings. The van der Waals surface area contributed by atoms with Crippen molar-refractivity contribution in [2.24, 2.45) is 0 Å². The molecular formula is C10H20O5. The SMILES string of the molecule is CCOCCOCCOC(=O)C(O)CC. The van der Waals surface area contributed by atoms with E-state index in [-0.39, 0.29) is 6.61 Å². The van der Waals surface area contributed by atoms with E-state index < -0.39 is 12.1 Å². The number of aliphatic hydroxyl groups excluding tert-OH is 1. The van der Waals surface area contributed by atoms with Gasteiger partial charge in [0.15, 0.2) is 6.10 Å². The molecule has 0 bridgehead atoms. The average molecular weight is 220 g/mol. The van der Waals surface area contributed by atoms with Crippen LogP contribution in [0.2, 0.25) is 0 Å². The van der Waals surface area contributed by atoms with Crippen molar-refractivity contribution in [3.63, 3.8) is 0 Å². The fourth-order valence-corrected chi connectivity index (χ4v) is 0.828. The molecule has 1 unspecified atom stereocenters. The Hall–Kier alpha value is -0.650. The Labute approximate surface area is 90.3 Å². The Bertz CT molecular complexity index is 160. The Morgan fingerprint density at radius 2 is 1.73 bits per heavy atom. The zero-order valence-electron chi connectivity index (χ0n) is 9.40. The second kappa shape index (κ2) is 9.89. The van der Waals surface area contributed by atoms with Gasteiger partial charge in [-0.2, -0.15) is 0 Å². The Morgan fingerprint density at radius 1 is 1.13 bits per heavy atom. The highest BCUT2D eigenvalue weighted by molar-refractivity contribution is 5.74. The largest absolute Gasteiger partial charge is 0.461 e. The summed E-state index contributed by atoms with van der Waals surface area (Å²) < 4.78 is 14.9. The van der Waals surface area contributed by atoms with Crippen molar-refractivity contribution in [1.29, 1.82) is 0 Å². The van der Waals surface area contributed by atoms with E-state index in [9.17, 15) is 4.79 Å². The molecule has 5 heteroatoms. The first-order valence-electron chi connectivity index (χ1n) is 5.22. The van der Waals surface area contributed by atoms with Gasteiger partial charge >= 0.3 is 5.97 Å². The smallest absolute Gasteiger partial charge is 0.335 e. The monoisotopic (exact) mass is 220 g/mol. The van der Waals surface area contributed by atoms with Crippen LogP contribution in [0.3, 0.4) is 0 Å². The first-order chi connectivity index (χ1) is 7.22. The topological polar surface area (TPSA) is 65.0 Å². The third kappa shape index (κ3) is 8.35. The van der Waals surface area contributed by atoms with Gasteiger partial charge in [0.2, 0.25) is 0 Å². The summed E-state index contributed by atoms with van der Waals surface area (Å²) in [6.45, 7) is 5.82. The van der Waals surface area contributed by atoms with Gasteiger partial charge in [-0.05, 0) is 13.3 Å². The van der Waals surface area contributed by atoms with Crippen LogP contribution in [-0.2, 0) is 19.0 Å². The number of carbonyl (C=O) groups is 1. The van der Waals surface area contributed by atoms with Crippen molar-refractivity contribution in [3.8, 4) is 0 Å². The summed E-state index contributed by atoms with van der Waals surface area (Å²) >= 11 is 0. The zero-order chi connectivity index (χ0) is 11.5. The van der Waals surface area contributed by atoms with E-state index in [4.69, 9.17) is 19.3 Å². The molecule has 0 amide bonds. The van der Waals surface area contributed by atoms with Crippen LogP contribution < -0.4 is 0 Å². The number of hydrogen-bond acceptors (Lipinski definition) is 5. The van der Waals surface area contributed by atoms with Gasteiger partial charge in [-0.1, -0.05) is 6.92 Å². The first-order valence-corrected chi connectivity index (χ1v) is 5.22. The lowest BCUT2D eigenvalue weighted by molar-refractivity contribution is -0.155. The summed E-state index contributed by atoms with van der Waals surface area (Å²) in [4.78, 5) is 11.0. The second-order valence-corrected chi connectivity index (χ2v) is 2.90. The van der Waals surface area contributed by atoms with Crippen LogP contribution in [0.15, 0.2) is 0 Å². The molecule has 0 aromatic heterocycles. The zero-order valence-corrected chi connectivity index (χ0v) is 9.40. The number of carbonyl (C=O) groups excluding carboxylic acids is 1. The van der Waals surface area contributed by atoms with E-state index in [2.05, 4.69) is 0 Å². The molecule has 0 aromatic carbocycles. The van der Waals surface area contributed by atoms with Gasteiger partial charge in [-0.25, -0.2) is 4.79 Å². The van der Waals surface area contributed by atoms with Crippen LogP contribution in [0.25, 0.3) is 0 Å². The van der Waals surface area contributed by atoms with E-state index in [1.165, 1.54) is 0 Å². The van der Waals surface area contributed by atoms with Gasteiger partial charge in [0, 0.05) is 6.61 Å². The molecule has 0 saturated carbocycles. The molecule has 1 atom stereocenters. The van der Waals surface area contributed by atoms with E-state index in [1.807, 2.05) is 6.92 Å². The molecule has 0 saturated heterocycles. The minimum absolute atomic E-state index is 0.169. The predicted octanol–water partition coefficient (Wildman–Crippen LogP) is 0.354. The quantitative estimate of drug-likeness (QED) is 0.449. The summed E-state index contributed by atoms with van der Waals surface area (Å²) in [5.41, 5.74) is 0. The van der Waals surface area contributed by atoms with E-state index >= 15 is 0 Å². The van der Waals surface area contributed by atoms with Crippen LogP contribution in [0, 0.1) is 0 Å². The van der Waals surface area contributed by atoms with E-state index in [0.29, 0.717) is 32.8 Å². The lowest BCUT2D eigenvalue weighted by Gasteiger charge is -2.08. The molecule has 0 spiro atoms. The minimum atomic E-state index is -1.02. The molecule has 0 aliphatic rings. The van der Waals surface area contributed by atoms with Gasteiger partial charge in [-0.3, -0.25) is 0 Å². The normalized spacial score (nSPS) is 12.5. The first kappa shape index (κ1) is 14.3. The van der Waals surface area contributed by atoms with E-state index in [1.54, 1.807) is 6.92 Å². The van der Waals surface area contributed by atoms with Crippen LogP contribution >= 0.6 is 0 Å². The summed E-state index contributed by atoms with van der Waals surface area (Å²) in [5.74, 6) is -0.592. The molecular weight excluding hydrogens is 200 g/mol. The highest BCUT2D eigenvalue weighted by Crippen LogP contribution is 1.93. The van der Waals surface area contributed by atoms with Gasteiger partial charge in [0.05, 0.1) is 19.8 Å². The number of ether oxygens (including phenoxy) is 3. The van der Waals surface area contributed by atoms with Crippen LogP contribution in [0.1, 0.15) is 20.3 Å². The van der Waals surface area contributed by atoms with Gasteiger partial charge in [0.1, 0.15) is 6.61 Å². The van der Waals surface area contributed by atoms with Crippen molar-refractivity contribution in [3.05, 3.63) is 0 Å². The van der Waals surface area contributed by atoms with Crippen LogP contribution in [0.4, 0.5) is 0 Å². The number of rotatable bonds is 9. The molecule has 0 radical (unpaired) electrons. The summed E-state index contributed by atoms with van der Waals surface area (Å²) in [7, 11) is 0. The summed E-state index contributed by atoms with van der Waals surface area (Å²) in [5, 5.41) is 9.06. The van der Waals surface area contributed by atoms with Crippen molar-refractivity contribution < 1.29 is 24.1 Å². The van der Waals surface area contributed by atoms with Crippen molar-refractivity contribution in [2.45, 2.75) is 26.4 Å². The third-order valence-electron chi connectivity index (χ3n) is 1.71.